The zero-order valence-corrected chi connectivity index (χ0v) is 9.00. The maximum Gasteiger partial charge on any atom is 0.242 e. The Balaban J connectivity index is 2.12. The van der Waals surface area contributed by atoms with Gasteiger partial charge in [-0.15, -0.1) is 10.2 Å². The van der Waals surface area contributed by atoms with Crippen LogP contribution in [0.15, 0.2) is 4.42 Å². The van der Waals surface area contributed by atoms with E-state index in [1.807, 2.05) is 0 Å². The van der Waals surface area contributed by atoms with E-state index in [-0.39, 0.29) is 4.32 Å². The molecule has 0 atom stereocenters. The summed E-state index contributed by atoms with van der Waals surface area (Å²) in [5.41, 5.74) is 0. The molecule has 4 nitrogen and oxygen atoms in total. The maximum atomic E-state index is 5.44. The average Bonchev–Trinajstić information content (AvgIpc) is 2.50. The number of hydrogen-bond donors (Lipinski definition) is 0. The third kappa shape index (κ3) is 1.62. The third-order valence-corrected chi connectivity index (χ3v) is 3.40. The molecule has 1 aliphatic carbocycles. The number of aromatic nitrogens is 2. The largest absolute Gasteiger partial charge is 0.421 e. The predicted octanol–water partition coefficient (Wildman–Crippen LogP) is 1.99. The summed E-state index contributed by atoms with van der Waals surface area (Å²) < 4.78 is 10.3. The molecule has 1 fully saturated rings. The summed E-state index contributed by atoms with van der Waals surface area (Å²) in [6, 6.07) is 0. The van der Waals surface area contributed by atoms with Crippen LogP contribution >= 0.6 is 15.9 Å². The summed E-state index contributed by atoms with van der Waals surface area (Å²) in [5, 5.41) is 7.87. The minimum atomic E-state index is -0.0496. The molecule has 0 unspecified atom stereocenters. The van der Waals surface area contributed by atoms with E-state index in [1.165, 1.54) is 6.42 Å². The van der Waals surface area contributed by atoms with Gasteiger partial charge in [-0.2, -0.15) is 0 Å². The molecule has 0 spiro atoms. The van der Waals surface area contributed by atoms with Gasteiger partial charge >= 0.3 is 0 Å². The topological polar surface area (TPSA) is 48.2 Å². The van der Waals surface area contributed by atoms with Crippen molar-refractivity contribution in [2.45, 2.75) is 30.2 Å². The predicted molar refractivity (Wildman–Crippen MR) is 49.5 cm³/mol. The van der Waals surface area contributed by atoms with Crippen molar-refractivity contribution in [3.63, 3.8) is 0 Å². The zero-order valence-electron chi connectivity index (χ0n) is 7.42. The van der Waals surface area contributed by atoms with Crippen LogP contribution in [0.2, 0.25) is 0 Å². The van der Waals surface area contributed by atoms with E-state index >= 15 is 0 Å². The van der Waals surface area contributed by atoms with Crippen molar-refractivity contribution < 1.29 is 9.15 Å². The van der Waals surface area contributed by atoms with E-state index in [0.29, 0.717) is 18.4 Å². The molecular formula is C8H11BrN2O2. The highest BCUT2D eigenvalue weighted by atomic mass is 79.9. The molecule has 0 N–H and O–H groups in total. The quantitative estimate of drug-likeness (QED) is 0.766. The molecule has 0 bridgehead atoms. The Kier molecular flexibility index (Phi) is 2.38. The van der Waals surface area contributed by atoms with Gasteiger partial charge in [0.2, 0.25) is 11.8 Å². The van der Waals surface area contributed by atoms with Crippen molar-refractivity contribution in [3.8, 4) is 0 Å². The van der Waals surface area contributed by atoms with Gasteiger partial charge in [0.1, 0.15) is 10.9 Å². The molecule has 1 aliphatic rings. The van der Waals surface area contributed by atoms with Gasteiger partial charge in [-0.05, 0) is 19.3 Å². The van der Waals surface area contributed by atoms with Gasteiger partial charge in [0, 0.05) is 7.11 Å². The standard InChI is InChI=1S/C8H11BrN2O2/c1-12-5-6-10-11-7(13-6)8(9)3-2-4-8/h2-5H2,1H3. The molecule has 1 saturated carbocycles. The monoisotopic (exact) mass is 246 g/mol. The Morgan fingerprint density at radius 2 is 2.31 bits per heavy atom. The van der Waals surface area contributed by atoms with Crippen LogP contribution in [-0.2, 0) is 15.7 Å². The molecular weight excluding hydrogens is 236 g/mol. The van der Waals surface area contributed by atoms with Crippen molar-refractivity contribution >= 4 is 15.9 Å². The fourth-order valence-corrected chi connectivity index (χ4v) is 2.04. The number of methoxy groups -OCH3 is 1. The number of nitrogens with zero attached hydrogens (tertiary/aromatic N) is 2. The molecule has 1 heterocycles. The van der Waals surface area contributed by atoms with E-state index < -0.39 is 0 Å². The Morgan fingerprint density at radius 3 is 2.85 bits per heavy atom. The molecule has 1 aromatic rings. The first-order valence-corrected chi connectivity index (χ1v) is 5.05. The van der Waals surface area contributed by atoms with Crippen LogP contribution in [0, 0.1) is 0 Å². The zero-order chi connectivity index (χ0) is 9.31. The van der Waals surface area contributed by atoms with Crippen LogP contribution in [0.1, 0.15) is 31.0 Å². The smallest absolute Gasteiger partial charge is 0.242 e. The van der Waals surface area contributed by atoms with Gasteiger partial charge in [-0.1, -0.05) is 15.9 Å². The Bertz CT molecular complexity index is 296. The molecule has 0 aromatic carbocycles. The lowest BCUT2D eigenvalue weighted by molar-refractivity contribution is 0.154. The number of alkyl halides is 1. The van der Waals surface area contributed by atoms with Gasteiger partial charge in [0.25, 0.3) is 0 Å². The summed E-state index contributed by atoms with van der Waals surface area (Å²) in [4.78, 5) is 0. The minimum absolute atomic E-state index is 0.0496. The SMILES string of the molecule is COCc1nnc(C2(Br)CCC2)o1. The first-order valence-electron chi connectivity index (χ1n) is 4.25. The van der Waals surface area contributed by atoms with Crippen molar-refractivity contribution in [2.24, 2.45) is 0 Å². The Labute approximate surface area is 84.8 Å². The summed E-state index contributed by atoms with van der Waals surface area (Å²) in [6.45, 7) is 0.385. The second-order valence-corrected chi connectivity index (χ2v) is 4.77. The number of halogens is 1. The molecule has 5 heteroatoms. The minimum Gasteiger partial charge on any atom is -0.421 e. The summed E-state index contributed by atoms with van der Waals surface area (Å²) in [6.07, 6.45) is 3.36. The lowest BCUT2D eigenvalue weighted by Crippen LogP contribution is -2.27. The summed E-state index contributed by atoms with van der Waals surface area (Å²) in [5.74, 6) is 1.23. The molecule has 0 radical (unpaired) electrons. The molecule has 0 saturated heterocycles. The van der Waals surface area contributed by atoms with Gasteiger partial charge in [-0.25, -0.2) is 0 Å². The summed E-state index contributed by atoms with van der Waals surface area (Å²) in [7, 11) is 1.61. The molecule has 1 aromatic heterocycles. The van der Waals surface area contributed by atoms with Crippen LogP contribution in [0.3, 0.4) is 0 Å². The van der Waals surface area contributed by atoms with E-state index in [4.69, 9.17) is 9.15 Å². The Hall–Kier alpha value is -0.420. The molecule has 0 amide bonds. The Morgan fingerprint density at radius 1 is 1.54 bits per heavy atom. The van der Waals surface area contributed by atoms with Crippen LogP contribution in [0.25, 0.3) is 0 Å². The first kappa shape index (κ1) is 9.15. The molecule has 13 heavy (non-hydrogen) atoms. The van der Waals surface area contributed by atoms with Crippen molar-refractivity contribution in [3.05, 3.63) is 11.8 Å². The van der Waals surface area contributed by atoms with Crippen molar-refractivity contribution in [2.75, 3.05) is 7.11 Å². The van der Waals surface area contributed by atoms with E-state index in [1.54, 1.807) is 7.11 Å². The second-order valence-electron chi connectivity index (χ2n) is 3.25. The molecule has 72 valence electrons. The highest BCUT2D eigenvalue weighted by Gasteiger charge is 2.41. The average molecular weight is 247 g/mol. The maximum absolute atomic E-state index is 5.44. The van der Waals surface area contributed by atoms with Gasteiger partial charge in [0.05, 0.1) is 0 Å². The number of hydrogen-bond acceptors (Lipinski definition) is 4. The normalized spacial score (nSPS) is 19.8. The van der Waals surface area contributed by atoms with Crippen LogP contribution in [0.4, 0.5) is 0 Å². The van der Waals surface area contributed by atoms with Crippen LogP contribution < -0.4 is 0 Å². The third-order valence-electron chi connectivity index (χ3n) is 2.26. The fourth-order valence-electron chi connectivity index (χ4n) is 1.32. The van der Waals surface area contributed by atoms with Gasteiger partial charge < -0.3 is 9.15 Å². The highest BCUT2D eigenvalue weighted by molar-refractivity contribution is 9.09. The second kappa shape index (κ2) is 3.38. The summed E-state index contributed by atoms with van der Waals surface area (Å²) >= 11 is 3.60. The van der Waals surface area contributed by atoms with Gasteiger partial charge in [-0.3, -0.25) is 0 Å². The molecule has 2 rings (SSSR count). The van der Waals surface area contributed by atoms with E-state index in [0.717, 1.165) is 12.8 Å². The lowest BCUT2D eigenvalue weighted by atomic mass is 9.85. The van der Waals surface area contributed by atoms with Crippen LogP contribution in [0.5, 0.6) is 0 Å². The number of ether oxygens (including phenoxy) is 1. The molecule has 0 aliphatic heterocycles. The van der Waals surface area contributed by atoms with Crippen molar-refractivity contribution in [1.82, 2.24) is 10.2 Å². The van der Waals surface area contributed by atoms with Gasteiger partial charge in [0.15, 0.2) is 0 Å². The van der Waals surface area contributed by atoms with Crippen LogP contribution in [-0.4, -0.2) is 17.3 Å². The lowest BCUT2D eigenvalue weighted by Gasteiger charge is -2.32. The van der Waals surface area contributed by atoms with E-state index in [2.05, 4.69) is 26.1 Å². The fraction of sp³-hybridized carbons (Fsp3) is 0.750. The van der Waals surface area contributed by atoms with E-state index in [9.17, 15) is 0 Å². The highest BCUT2D eigenvalue weighted by Crippen LogP contribution is 2.48. The first-order chi connectivity index (χ1) is 6.24. The number of rotatable bonds is 3. The van der Waals surface area contributed by atoms with Crippen molar-refractivity contribution in [1.29, 1.82) is 0 Å².